The Morgan fingerprint density at radius 3 is 2.24 bits per heavy atom. The number of amides is 3. The first kappa shape index (κ1) is 32.0. The number of rotatable bonds is 12. The van der Waals surface area contributed by atoms with Crippen LogP contribution in [0.3, 0.4) is 0 Å². The maximum atomic E-state index is 13.2. The van der Waals surface area contributed by atoms with Gasteiger partial charge in [-0.25, -0.2) is 13.1 Å². The van der Waals surface area contributed by atoms with Crippen molar-refractivity contribution in [3.63, 3.8) is 0 Å². The Bertz CT molecular complexity index is 1300. The van der Waals surface area contributed by atoms with Crippen LogP contribution in [0.1, 0.15) is 30.9 Å². The maximum absolute atomic E-state index is 13.2. The van der Waals surface area contributed by atoms with Crippen LogP contribution in [-0.4, -0.2) is 64.2 Å². The number of hydrogen-bond acceptors (Lipinski definition) is 7. The first-order valence-corrected chi connectivity index (χ1v) is 14.4. The summed E-state index contributed by atoms with van der Waals surface area (Å²) in [7, 11) is -2.91. The standard InChI is InChI=1S/C27H33F3N4O6S/c1-17(23(40-2)21-9-6-14-31-21)24(35)33-22(15-18-7-4-3-5-8-18)25(36)34-41(38,39)20-12-10-19(11-13-20)16-32-26(37)27(28,29)30/h3-5,7-8,10-13,17,21-23,31H,6,9,14-16H2,1-2H3,(H,32,37)(H,33,35)(H,34,36)/t17-,21+,22+,23-/m1/s1. The number of ether oxygens (including phenoxy) is 1. The summed E-state index contributed by atoms with van der Waals surface area (Å²) in [6, 6.07) is 12.1. The number of benzene rings is 2. The van der Waals surface area contributed by atoms with E-state index in [2.05, 4.69) is 10.6 Å². The summed E-state index contributed by atoms with van der Waals surface area (Å²) >= 11 is 0. The monoisotopic (exact) mass is 598 g/mol. The van der Waals surface area contributed by atoms with Gasteiger partial charge in [0.05, 0.1) is 16.9 Å². The minimum atomic E-state index is -5.05. The Hall–Kier alpha value is -3.49. The van der Waals surface area contributed by atoms with Crippen molar-refractivity contribution in [2.75, 3.05) is 13.7 Å². The number of methoxy groups -OCH3 is 1. The Kier molecular flexibility index (Phi) is 10.9. The van der Waals surface area contributed by atoms with Gasteiger partial charge in [0, 0.05) is 26.1 Å². The van der Waals surface area contributed by atoms with Gasteiger partial charge in [0.2, 0.25) is 5.91 Å². The molecule has 0 saturated carbocycles. The summed E-state index contributed by atoms with van der Waals surface area (Å²) in [5.41, 5.74) is 0.893. The zero-order chi connectivity index (χ0) is 30.2. The van der Waals surface area contributed by atoms with Crippen LogP contribution in [0, 0.1) is 5.92 Å². The van der Waals surface area contributed by atoms with Crippen molar-refractivity contribution < 1.29 is 40.7 Å². The van der Waals surface area contributed by atoms with Crippen molar-refractivity contribution in [1.82, 2.24) is 20.7 Å². The molecule has 1 aliphatic heterocycles. The first-order chi connectivity index (χ1) is 19.3. The highest BCUT2D eigenvalue weighted by molar-refractivity contribution is 7.90. The number of carbonyl (C=O) groups is 3. The Balaban J connectivity index is 1.72. The third-order valence-corrected chi connectivity index (χ3v) is 8.13. The molecule has 4 atom stereocenters. The summed E-state index contributed by atoms with van der Waals surface area (Å²) < 4.78 is 70.6. The van der Waals surface area contributed by atoms with Crippen LogP contribution >= 0.6 is 0 Å². The van der Waals surface area contributed by atoms with Gasteiger partial charge in [-0.15, -0.1) is 0 Å². The second kappa shape index (κ2) is 13.9. The summed E-state index contributed by atoms with van der Waals surface area (Å²) in [4.78, 5) is 37.1. The molecule has 14 heteroatoms. The fourth-order valence-corrected chi connectivity index (χ4v) is 5.57. The van der Waals surface area contributed by atoms with Crippen LogP contribution in [0.15, 0.2) is 59.5 Å². The highest BCUT2D eigenvalue weighted by atomic mass is 32.2. The van der Waals surface area contributed by atoms with Gasteiger partial charge < -0.3 is 20.7 Å². The Morgan fingerprint density at radius 2 is 1.68 bits per heavy atom. The van der Waals surface area contributed by atoms with E-state index in [1.807, 2.05) is 4.72 Å². The van der Waals surface area contributed by atoms with Crippen molar-refractivity contribution in [3.05, 3.63) is 65.7 Å². The van der Waals surface area contributed by atoms with E-state index in [-0.39, 0.29) is 22.9 Å². The molecule has 3 amide bonds. The average molecular weight is 599 g/mol. The average Bonchev–Trinajstić information content (AvgIpc) is 3.46. The van der Waals surface area contributed by atoms with Crippen molar-refractivity contribution >= 4 is 27.7 Å². The lowest BCUT2D eigenvalue weighted by Gasteiger charge is -2.29. The highest BCUT2D eigenvalue weighted by Gasteiger charge is 2.38. The molecule has 0 bridgehead atoms. The van der Waals surface area contributed by atoms with Crippen LogP contribution in [0.2, 0.25) is 0 Å². The minimum absolute atomic E-state index is 0.0117. The summed E-state index contributed by atoms with van der Waals surface area (Å²) in [5, 5.41) is 7.66. The van der Waals surface area contributed by atoms with Gasteiger partial charge in [-0.2, -0.15) is 13.2 Å². The molecule has 10 nitrogen and oxygen atoms in total. The summed E-state index contributed by atoms with van der Waals surface area (Å²) in [6.07, 6.45) is -3.72. The zero-order valence-electron chi connectivity index (χ0n) is 22.5. The van der Waals surface area contributed by atoms with Crippen molar-refractivity contribution in [2.45, 2.75) is 62.0 Å². The topological polar surface area (TPSA) is 143 Å². The van der Waals surface area contributed by atoms with E-state index >= 15 is 0 Å². The van der Waals surface area contributed by atoms with E-state index in [0.29, 0.717) is 5.56 Å². The maximum Gasteiger partial charge on any atom is 0.471 e. The molecular weight excluding hydrogens is 565 g/mol. The lowest BCUT2D eigenvalue weighted by atomic mass is 9.95. The molecule has 1 aliphatic rings. The van der Waals surface area contributed by atoms with Crippen molar-refractivity contribution in [1.29, 1.82) is 0 Å². The fourth-order valence-electron chi connectivity index (χ4n) is 4.55. The normalized spacial score (nSPS) is 17.7. The molecule has 41 heavy (non-hydrogen) atoms. The predicted molar refractivity (Wildman–Crippen MR) is 143 cm³/mol. The zero-order valence-corrected chi connectivity index (χ0v) is 23.3. The van der Waals surface area contributed by atoms with Crippen LogP contribution in [0.25, 0.3) is 0 Å². The van der Waals surface area contributed by atoms with Gasteiger partial charge in [0.25, 0.3) is 15.9 Å². The molecule has 1 heterocycles. The largest absolute Gasteiger partial charge is 0.471 e. The quantitative estimate of drug-likeness (QED) is 0.292. The summed E-state index contributed by atoms with van der Waals surface area (Å²) in [5.74, 6) is -4.23. The highest BCUT2D eigenvalue weighted by Crippen LogP contribution is 2.20. The SMILES string of the molecule is CO[C@@H]([C@@H]1CCCN1)[C@@H](C)C(=O)N[C@@H](Cc1ccccc1)C(=O)NS(=O)(=O)c1ccc(CNC(=O)C(F)(F)F)cc1. The number of hydrogen-bond donors (Lipinski definition) is 4. The van der Waals surface area contributed by atoms with E-state index in [1.165, 1.54) is 19.2 Å². The van der Waals surface area contributed by atoms with Crippen molar-refractivity contribution in [2.24, 2.45) is 5.92 Å². The van der Waals surface area contributed by atoms with Crippen LogP contribution in [0.4, 0.5) is 13.2 Å². The lowest BCUT2D eigenvalue weighted by Crippen LogP contribution is -2.53. The predicted octanol–water partition coefficient (Wildman–Crippen LogP) is 1.80. The molecule has 224 valence electrons. The molecule has 0 aromatic heterocycles. The molecule has 1 fully saturated rings. The molecule has 2 aromatic carbocycles. The van der Waals surface area contributed by atoms with Gasteiger partial charge in [-0.05, 0) is 42.6 Å². The van der Waals surface area contributed by atoms with Crippen LogP contribution in [0.5, 0.6) is 0 Å². The molecule has 0 unspecified atom stereocenters. The number of sulfonamides is 1. The molecule has 2 aromatic rings. The van der Waals surface area contributed by atoms with Crippen LogP contribution in [-0.2, 0) is 42.1 Å². The van der Waals surface area contributed by atoms with E-state index in [1.54, 1.807) is 42.6 Å². The third kappa shape index (κ3) is 9.00. The van der Waals surface area contributed by atoms with Crippen molar-refractivity contribution in [3.8, 4) is 0 Å². The molecule has 0 radical (unpaired) electrons. The second-order valence-electron chi connectivity index (χ2n) is 9.74. The Morgan fingerprint density at radius 1 is 1.02 bits per heavy atom. The molecule has 0 spiro atoms. The third-order valence-electron chi connectivity index (χ3n) is 6.77. The number of carbonyl (C=O) groups excluding carboxylic acids is 3. The molecular formula is C27H33F3N4O6S. The minimum Gasteiger partial charge on any atom is -0.379 e. The van der Waals surface area contributed by atoms with E-state index < -0.39 is 58.5 Å². The van der Waals surface area contributed by atoms with E-state index in [9.17, 15) is 36.0 Å². The molecule has 0 aliphatic carbocycles. The first-order valence-electron chi connectivity index (χ1n) is 12.9. The molecule has 1 saturated heterocycles. The van der Waals surface area contributed by atoms with Gasteiger partial charge in [0.1, 0.15) is 6.04 Å². The van der Waals surface area contributed by atoms with Gasteiger partial charge >= 0.3 is 12.1 Å². The van der Waals surface area contributed by atoms with Gasteiger partial charge in [-0.1, -0.05) is 49.4 Å². The summed E-state index contributed by atoms with van der Waals surface area (Å²) in [6.45, 7) is 2.00. The number of halogens is 3. The smallest absolute Gasteiger partial charge is 0.379 e. The van der Waals surface area contributed by atoms with E-state index in [0.717, 1.165) is 31.5 Å². The Labute approximate surface area is 236 Å². The van der Waals surface area contributed by atoms with E-state index in [4.69, 9.17) is 4.74 Å². The fraction of sp³-hybridized carbons (Fsp3) is 0.444. The van der Waals surface area contributed by atoms with Gasteiger partial charge in [0.15, 0.2) is 0 Å². The lowest BCUT2D eigenvalue weighted by molar-refractivity contribution is -0.173. The van der Waals surface area contributed by atoms with Gasteiger partial charge in [-0.3, -0.25) is 14.4 Å². The number of nitrogens with one attached hydrogen (secondary N) is 4. The second-order valence-corrected chi connectivity index (χ2v) is 11.4. The molecule has 4 N–H and O–H groups in total. The van der Waals surface area contributed by atoms with Crippen LogP contribution < -0.4 is 20.7 Å². The molecule has 3 rings (SSSR count). The number of alkyl halides is 3.